The number of amides is 2. The van der Waals surface area contributed by atoms with Crippen LogP contribution in [-0.4, -0.2) is 29.1 Å². The molecule has 1 heterocycles. The summed E-state index contributed by atoms with van der Waals surface area (Å²) in [6.45, 7) is 0.548. The summed E-state index contributed by atoms with van der Waals surface area (Å²) in [7, 11) is 0. The topological polar surface area (TPSA) is 75.5 Å². The molecule has 0 aliphatic heterocycles. The summed E-state index contributed by atoms with van der Waals surface area (Å²) in [5.41, 5.74) is 6.05. The van der Waals surface area contributed by atoms with Gasteiger partial charge in [0.05, 0.1) is 12.8 Å². The molecule has 0 spiro atoms. The Morgan fingerprint density at radius 1 is 0.938 bits per heavy atom. The number of para-hydroxylation sites is 1. The van der Waals surface area contributed by atoms with Gasteiger partial charge in [0.1, 0.15) is 0 Å². The van der Waals surface area contributed by atoms with Crippen molar-refractivity contribution in [1.82, 2.24) is 15.3 Å². The Kier molecular flexibility index (Phi) is 6.63. The zero-order valence-electron chi connectivity index (χ0n) is 17.2. The van der Waals surface area contributed by atoms with E-state index in [1.165, 1.54) is 5.56 Å². The van der Waals surface area contributed by atoms with E-state index in [9.17, 15) is 9.59 Å². The molecule has 0 bridgehead atoms. The summed E-state index contributed by atoms with van der Waals surface area (Å²) in [6.07, 6.45) is 3.62. The number of carbonyl (C=O) groups is 2. The normalized spacial score (nSPS) is 11.0. The molecule has 0 aliphatic carbocycles. The fourth-order valence-corrected chi connectivity index (χ4v) is 3.49. The van der Waals surface area contributed by atoms with E-state index in [2.05, 4.69) is 38.6 Å². The summed E-state index contributed by atoms with van der Waals surface area (Å²) in [4.78, 5) is 24.1. The molecule has 0 unspecified atom stereocenters. The molecule has 0 radical (unpaired) electrons. The van der Waals surface area contributed by atoms with Crippen molar-refractivity contribution in [3.63, 3.8) is 0 Å². The summed E-state index contributed by atoms with van der Waals surface area (Å²) >= 11 is 5.82. The van der Waals surface area contributed by atoms with Gasteiger partial charge in [-0.15, -0.1) is 0 Å². The minimum Gasteiger partial charge on any atom is -0.343 e. The van der Waals surface area contributed by atoms with Crippen LogP contribution >= 0.6 is 11.6 Å². The van der Waals surface area contributed by atoms with Gasteiger partial charge >= 0.3 is 0 Å². The van der Waals surface area contributed by atoms with Gasteiger partial charge in [0.25, 0.3) is 11.8 Å². The first-order valence-corrected chi connectivity index (χ1v) is 10.5. The van der Waals surface area contributed by atoms with Crippen LogP contribution in [0.5, 0.6) is 0 Å². The highest BCUT2D eigenvalue weighted by atomic mass is 35.5. The summed E-state index contributed by atoms with van der Waals surface area (Å²) in [5, 5.41) is 8.20. The van der Waals surface area contributed by atoms with E-state index in [4.69, 9.17) is 11.6 Å². The van der Waals surface area contributed by atoms with Crippen molar-refractivity contribution >= 4 is 40.5 Å². The van der Waals surface area contributed by atoms with Crippen LogP contribution in [0.3, 0.4) is 0 Å². The van der Waals surface area contributed by atoms with Crippen LogP contribution in [0.2, 0.25) is 5.02 Å². The summed E-state index contributed by atoms with van der Waals surface area (Å²) in [5.74, 6) is -0.777. The van der Waals surface area contributed by atoms with E-state index in [0.717, 1.165) is 23.0 Å². The van der Waals surface area contributed by atoms with E-state index in [1.54, 1.807) is 30.5 Å². The Balaban J connectivity index is 1.38. The molecule has 6 nitrogen and oxygen atoms in total. The monoisotopic (exact) mass is 444 g/mol. The Bertz CT molecular complexity index is 1260. The fraction of sp³-hybridized carbons (Fsp3) is 0.0800. The average Bonchev–Trinajstić information content (AvgIpc) is 3.16. The third-order valence-electron chi connectivity index (χ3n) is 4.92. The number of carbonyl (C=O) groups excluding carboxylic acids is 2. The molecule has 3 aromatic carbocycles. The molecule has 1 aromatic heterocycles. The number of hydrogen-bond acceptors (Lipinski definition) is 3. The van der Waals surface area contributed by atoms with Crippen molar-refractivity contribution in [2.45, 2.75) is 6.54 Å². The molecular formula is C25H21ClN4O2. The molecule has 2 amide bonds. The first-order chi connectivity index (χ1) is 15.6. The van der Waals surface area contributed by atoms with Gasteiger partial charge in [0.15, 0.2) is 0 Å². The maximum absolute atomic E-state index is 12.1. The quantitative estimate of drug-likeness (QED) is 0.331. The third-order valence-corrected chi connectivity index (χ3v) is 5.18. The van der Waals surface area contributed by atoms with Gasteiger partial charge in [-0.05, 0) is 35.9 Å². The molecule has 0 atom stereocenters. The molecule has 4 rings (SSSR count). The number of nitrogens with one attached hydrogen (secondary N) is 2. The Morgan fingerprint density at radius 3 is 2.44 bits per heavy atom. The molecule has 7 heteroatoms. The van der Waals surface area contributed by atoms with Gasteiger partial charge in [0.2, 0.25) is 0 Å². The van der Waals surface area contributed by atoms with Crippen molar-refractivity contribution in [1.29, 1.82) is 0 Å². The first kappa shape index (κ1) is 21.3. The second-order valence-electron chi connectivity index (χ2n) is 7.20. The number of aromatic nitrogens is 1. The Morgan fingerprint density at radius 2 is 1.66 bits per heavy atom. The van der Waals surface area contributed by atoms with Gasteiger partial charge in [-0.2, -0.15) is 5.10 Å². The first-order valence-electron chi connectivity index (χ1n) is 10.1. The van der Waals surface area contributed by atoms with Crippen LogP contribution < -0.4 is 10.7 Å². The predicted octanol–water partition coefficient (Wildman–Crippen LogP) is 4.22. The lowest BCUT2D eigenvalue weighted by atomic mass is 10.2. The molecule has 2 N–H and O–H groups in total. The molecule has 0 saturated carbocycles. The molecule has 160 valence electrons. The number of hydrazone groups is 1. The Hall–Kier alpha value is -3.90. The van der Waals surface area contributed by atoms with Crippen LogP contribution in [0.25, 0.3) is 10.9 Å². The van der Waals surface area contributed by atoms with Crippen molar-refractivity contribution in [2.24, 2.45) is 5.10 Å². The fourth-order valence-electron chi connectivity index (χ4n) is 3.37. The highest BCUT2D eigenvalue weighted by molar-refractivity contribution is 6.30. The average molecular weight is 445 g/mol. The number of halogens is 1. The van der Waals surface area contributed by atoms with Crippen molar-refractivity contribution in [2.75, 3.05) is 6.54 Å². The third kappa shape index (κ3) is 5.22. The van der Waals surface area contributed by atoms with Crippen LogP contribution in [0, 0.1) is 0 Å². The summed E-state index contributed by atoms with van der Waals surface area (Å²) in [6, 6.07) is 24.7. The minimum atomic E-state index is -0.420. The lowest BCUT2D eigenvalue weighted by Gasteiger charge is -2.05. The Labute approximate surface area is 190 Å². The largest absolute Gasteiger partial charge is 0.343 e. The number of fused-ring (bicyclic) bond motifs is 1. The van der Waals surface area contributed by atoms with Gasteiger partial charge in [0, 0.05) is 39.8 Å². The second kappa shape index (κ2) is 9.94. The van der Waals surface area contributed by atoms with E-state index >= 15 is 0 Å². The molecule has 32 heavy (non-hydrogen) atoms. The lowest BCUT2D eigenvalue weighted by molar-refractivity contribution is -0.120. The standard InChI is InChI=1S/C25H21ClN4O2/c26-21-12-10-19(11-13-21)25(32)27-15-24(31)29-28-14-20-17-30(16-18-6-2-1-3-7-18)23-9-5-4-8-22(20)23/h1-14,17H,15-16H2,(H,27,32)(H,29,31)/b28-14+. The smallest absolute Gasteiger partial charge is 0.259 e. The van der Waals surface area contributed by atoms with Crippen molar-refractivity contribution in [3.05, 3.63) is 107 Å². The van der Waals surface area contributed by atoms with Gasteiger partial charge in [-0.3, -0.25) is 9.59 Å². The van der Waals surface area contributed by atoms with Crippen molar-refractivity contribution in [3.8, 4) is 0 Å². The van der Waals surface area contributed by atoms with Crippen molar-refractivity contribution < 1.29 is 9.59 Å². The number of hydrogen-bond donors (Lipinski definition) is 2. The van der Waals surface area contributed by atoms with Gasteiger partial charge in [-0.25, -0.2) is 5.43 Å². The lowest BCUT2D eigenvalue weighted by Crippen LogP contribution is -2.34. The number of nitrogens with zero attached hydrogens (tertiary/aromatic N) is 2. The van der Waals surface area contributed by atoms with Gasteiger partial charge in [-0.1, -0.05) is 60.1 Å². The second-order valence-corrected chi connectivity index (χ2v) is 7.63. The number of rotatable bonds is 7. The van der Waals surface area contributed by atoms with E-state index < -0.39 is 5.91 Å². The zero-order valence-corrected chi connectivity index (χ0v) is 17.9. The van der Waals surface area contributed by atoms with Crippen LogP contribution in [0.4, 0.5) is 0 Å². The van der Waals surface area contributed by atoms with Gasteiger partial charge < -0.3 is 9.88 Å². The number of benzene rings is 3. The predicted molar refractivity (Wildman–Crippen MR) is 127 cm³/mol. The summed E-state index contributed by atoms with van der Waals surface area (Å²) < 4.78 is 2.15. The van der Waals surface area contributed by atoms with E-state index in [-0.39, 0.29) is 12.5 Å². The van der Waals surface area contributed by atoms with E-state index in [0.29, 0.717) is 10.6 Å². The van der Waals surface area contributed by atoms with Crippen LogP contribution in [-0.2, 0) is 11.3 Å². The zero-order chi connectivity index (χ0) is 22.3. The highest BCUT2D eigenvalue weighted by Gasteiger charge is 2.09. The molecule has 0 fully saturated rings. The van der Waals surface area contributed by atoms with Crippen LogP contribution in [0.1, 0.15) is 21.5 Å². The van der Waals surface area contributed by atoms with Crippen LogP contribution in [0.15, 0.2) is 90.2 Å². The molecule has 4 aromatic rings. The van der Waals surface area contributed by atoms with E-state index in [1.807, 2.05) is 42.6 Å². The molecule has 0 saturated heterocycles. The SMILES string of the molecule is O=C(CNC(=O)c1ccc(Cl)cc1)N/N=C/c1cn(Cc2ccccc2)c2ccccc12. The molecule has 0 aliphatic rings. The molecular weight excluding hydrogens is 424 g/mol. The maximum atomic E-state index is 12.1. The highest BCUT2D eigenvalue weighted by Crippen LogP contribution is 2.21. The maximum Gasteiger partial charge on any atom is 0.259 e. The minimum absolute atomic E-state index is 0.186.